The lowest BCUT2D eigenvalue weighted by Gasteiger charge is -2.34. The maximum absolute atomic E-state index is 12.6. The minimum absolute atomic E-state index is 0.0970. The van der Waals surface area contributed by atoms with Crippen molar-refractivity contribution in [2.24, 2.45) is 0 Å². The van der Waals surface area contributed by atoms with E-state index in [2.05, 4.69) is 10.3 Å². The van der Waals surface area contributed by atoms with E-state index in [1.54, 1.807) is 0 Å². The van der Waals surface area contributed by atoms with Crippen LogP contribution in [0.1, 0.15) is 31.2 Å². The van der Waals surface area contributed by atoms with E-state index < -0.39 is 27.8 Å². The average Bonchev–Trinajstić information content (AvgIpc) is 3.12. The van der Waals surface area contributed by atoms with E-state index in [9.17, 15) is 26.4 Å². The summed E-state index contributed by atoms with van der Waals surface area (Å²) in [5, 5.41) is 2.92. The van der Waals surface area contributed by atoms with E-state index in [0.717, 1.165) is 18.5 Å². The van der Waals surface area contributed by atoms with Crippen LogP contribution < -0.4 is 10.2 Å². The van der Waals surface area contributed by atoms with E-state index in [1.165, 1.54) is 10.4 Å². The lowest BCUT2D eigenvalue weighted by atomic mass is 10.0. The van der Waals surface area contributed by atoms with E-state index >= 15 is 0 Å². The SMILES string of the molecule is CS(=O)(=O)N1CCCC1C(=O)NC1CCN(c2ccc(C(F)(F)F)cn2)CC1. The molecule has 0 radical (unpaired) electrons. The number of nitrogens with zero attached hydrogens (tertiary/aromatic N) is 3. The summed E-state index contributed by atoms with van der Waals surface area (Å²) in [6.45, 7) is 1.45. The summed E-state index contributed by atoms with van der Waals surface area (Å²) in [6.07, 6.45) is -0.101. The quantitative estimate of drug-likeness (QED) is 0.800. The number of aromatic nitrogens is 1. The van der Waals surface area contributed by atoms with Gasteiger partial charge in [0, 0.05) is 31.9 Å². The molecule has 11 heteroatoms. The normalized spacial score (nSPS) is 22.4. The zero-order valence-electron chi connectivity index (χ0n) is 15.4. The predicted molar refractivity (Wildman–Crippen MR) is 97.2 cm³/mol. The third-order valence-electron chi connectivity index (χ3n) is 5.17. The Labute approximate surface area is 162 Å². The molecule has 28 heavy (non-hydrogen) atoms. The lowest BCUT2D eigenvalue weighted by molar-refractivity contribution is -0.137. The number of rotatable bonds is 4. The molecule has 1 atom stereocenters. The Kier molecular flexibility index (Phi) is 5.85. The third kappa shape index (κ3) is 4.75. The van der Waals surface area contributed by atoms with Crippen LogP contribution >= 0.6 is 0 Å². The number of nitrogens with one attached hydrogen (secondary N) is 1. The molecule has 1 N–H and O–H groups in total. The molecule has 1 unspecified atom stereocenters. The van der Waals surface area contributed by atoms with Gasteiger partial charge in [0.05, 0.1) is 11.8 Å². The third-order valence-corrected chi connectivity index (χ3v) is 6.46. The minimum atomic E-state index is -4.41. The lowest BCUT2D eigenvalue weighted by Crippen LogP contribution is -2.51. The van der Waals surface area contributed by atoms with Gasteiger partial charge in [-0.3, -0.25) is 4.79 Å². The van der Waals surface area contributed by atoms with Crippen molar-refractivity contribution in [1.82, 2.24) is 14.6 Å². The van der Waals surface area contributed by atoms with Crippen molar-refractivity contribution >= 4 is 21.7 Å². The summed E-state index contributed by atoms with van der Waals surface area (Å²) in [7, 11) is -3.42. The first-order chi connectivity index (χ1) is 13.1. The molecule has 1 aromatic heterocycles. The van der Waals surface area contributed by atoms with Crippen molar-refractivity contribution in [3.05, 3.63) is 23.9 Å². The highest BCUT2D eigenvalue weighted by molar-refractivity contribution is 7.88. The molecule has 0 aromatic carbocycles. The zero-order valence-corrected chi connectivity index (χ0v) is 16.3. The van der Waals surface area contributed by atoms with Gasteiger partial charge >= 0.3 is 6.18 Å². The van der Waals surface area contributed by atoms with Gasteiger partial charge in [-0.15, -0.1) is 0 Å². The highest BCUT2D eigenvalue weighted by Gasteiger charge is 2.37. The molecule has 0 bridgehead atoms. The minimum Gasteiger partial charge on any atom is -0.356 e. The average molecular weight is 420 g/mol. The van der Waals surface area contributed by atoms with Crippen LogP contribution in [0.2, 0.25) is 0 Å². The molecule has 2 saturated heterocycles. The van der Waals surface area contributed by atoms with E-state index in [0.29, 0.717) is 51.1 Å². The van der Waals surface area contributed by atoms with Crippen LogP contribution in [0.25, 0.3) is 0 Å². The number of hydrogen-bond acceptors (Lipinski definition) is 5. The summed E-state index contributed by atoms with van der Waals surface area (Å²) in [4.78, 5) is 18.3. The summed E-state index contributed by atoms with van der Waals surface area (Å²) >= 11 is 0. The van der Waals surface area contributed by atoms with Gasteiger partial charge in [-0.25, -0.2) is 13.4 Å². The van der Waals surface area contributed by atoms with Crippen molar-refractivity contribution in [1.29, 1.82) is 0 Å². The number of carbonyl (C=O) groups is 1. The van der Waals surface area contributed by atoms with Crippen molar-refractivity contribution in [2.75, 3.05) is 30.8 Å². The molecule has 1 aromatic rings. The molecular weight excluding hydrogens is 397 g/mol. The second-order valence-corrected chi connectivity index (χ2v) is 9.14. The molecule has 3 heterocycles. The second-order valence-electron chi connectivity index (χ2n) is 7.20. The molecule has 156 valence electrons. The van der Waals surface area contributed by atoms with Crippen molar-refractivity contribution in [3.63, 3.8) is 0 Å². The van der Waals surface area contributed by atoms with Crippen LogP contribution in [0.5, 0.6) is 0 Å². The Bertz CT molecular complexity index is 806. The standard InChI is InChI=1S/C17H23F3N4O3S/c1-28(26,27)24-8-2-3-14(24)16(25)22-13-6-9-23(10-7-13)15-5-4-12(11-21-15)17(18,19)20/h4-5,11,13-14H,2-3,6-10H2,1H3,(H,22,25). The van der Waals surface area contributed by atoms with Crippen LogP contribution in [0, 0.1) is 0 Å². The van der Waals surface area contributed by atoms with Gasteiger partial charge in [0.2, 0.25) is 15.9 Å². The number of piperidine rings is 1. The van der Waals surface area contributed by atoms with Gasteiger partial charge in [-0.2, -0.15) is 17.5 Å². The first-order valence-electron chi connectivity index (χ1n) is 9.11. The summed E-state index contributed by atoms with van der Waals surface area (Å²) in [5.41, 5.74) is -0.787. The molecule has 2 aliphatic rings. The van der Waals surface area contributed by atoms with Gasteiger partial charge in [-0.05, 0) is 37.8 Å². The molecule has 0 aliphatic carbocycles. The van der Waals surface area contributed by atoms with Crippen LogP contribution in [0.15, 0.2) is 18.3 Å². The number of hydrogen-bond donors (Lipinski definition) is 1. The molecule has 3 rings (SSSR count). The van der Waals surface area contributed by atoms with Crippen molar-refractivity contribution < 1.29 is 26.4 Å². The van der Waals surface area contributed by atoms with Crippen molar-refractivity contribution in [2.45, 2.75) is 43.9 Å². The number of anilines is 1. The van der Waals surface area contributed by atoms with Crippen molar-refractivity contribution in [3.8, 4) is 0 Å². The van der Waals surface area contributed by atoms with Crippen LogP contribution in [0.3, 0.4) is 0 Å². The fourth-order valence-electron chi connectivity index (χ4n) is 3.69. The molecule has 1 amide bonds. The number of halogens is 3. The Morgan fingerprint density at radius 1 is 1.18 bits per heavy atom. The number of amides is 1. The zero-order chi connectivity index (χ0) is 20.5. The summed E-state index contributed by atoms with van der Waals surface area (Å²) in [6, 6.07) is 1.60. The molecule has 7 nitrogen and oxygen atoms in total. The molecule has 2 aliphatic heterocycles. The van der Waals surface area contributed by atoms with E-state index in [1.807, 2.05) is 4.90 Å². The fraction of sp³-hybridized carbons (Fsp3) is 0.647. The summed E-state index contributed by atoms with van der Waals surface area (Å²) in [5.74, 6) is 0.186. The molecular formula is C17H23F3N4O3S. The van der Waals surface area contributed by atoms with Gasteiger partial charge in [0.25, 0.3) is 0 Å². The molecule has 0 saturated carbocycles. The molecule has 2 fully saturated rings. The van der Waals surface area contributed by atoms with E-state index in [4.69, 9.17) is 0 Å². The van der Waals surface area contributed by atoms with Crippen LogP contribution in [-0.2, 0) is 21.0 Å². The summed E-state index contributed by atoms with van der Waals surface area (Å²) < 4.78 is 62.7. The van der Waals surface area contributed by atoms with Crippen LogP contribution in [-0.4, -0.2) is 61.6 Å². The Hall–Kier alpha value is -1.88. The number of alkyl halides is 3. The highest BCUT2D eigenvalue weighted by atomic mass is 32.2. The predicted octanol–water partition coefficient (Wildman–Crippen LogP) is 1.61. The second kappa shape index (κ2) is 7.86. The van der Waals surface area contributed by atoms with Crippen LogP contribution in [0.4, 0.5) is 19.0 Å². The van der Waals surface area contributed by atoms with Gasteiger partial charge in [-0.1, -0.05) is 0 Å². The maximum atomic E-state index is 12.6. The van der Waals surface area contributed by atoms with Gasteiger partial charge in [0.1, 0.15) is 11.9 Å². The Morgan fingerprint density at radius 2 is 1.86 bits per heavy atom. The largest absolute Gasteiger partial charge is 0.417 e. The topological polar surface area (TPSA) is 82.6 Å². The highest BCUT2D eigenvalue weighted by Crippen LogP contribution is 2.30. The first kappa shape index (κ1) is 20.8. The smallest absolute Gasteiger partial charge is 0.356 e. The molecule has 0 spiro atoms. The number of pyridine rings is 1. The van der Waals surface area contributed by atoms with E-state index in [-0.39, 0.29) is 11.9 Å². The Balaban J connectivity index is 1.53. The first-order valence-corrected chi connectivity index (χ1v) is 11.0. The van der Waals surface area contributed by atoms with Gasteiger partial charge < -0.3 is 10.2 Å². The fourth-order valence-corrected chi connectivity index (χ4v) is 4.81. The Morgan fingerprint density at radius 3 is 2.39 bits per heavy atom. The number of carbonyl (C=O) groups excluding carboxylic acids is 1. The van der Waals surface area contributed by atoms with Gasteiger partial charge in [0.15, 0.2) is 0 Å². The maximum Gasteiger partial charge on any atom is 0.417 e. The monoisotopic (exact) mass is 420 g/mol. The number of sulfonamides is 1.